The molecule has 2 rings (SSSR count). The molecule has 1 saturated carbocycles. The predicted octanol–water partition coefficient (Wildman–Crippen LogP) is 4.73. The number of esters is 1. The Balaban J connectivity index is 2.22. The van der Waals surface area contributed by atoms with Crippen LogP contribution in [0.3, 0.4) is 0 Å². The molecule has 27 heavy (non-hydrogen) atoms. The maximum absolute atomic E-state index is 12.3. The normalized spacial score (nSPS) is 20.6. The second-order valence-corrected chi connectivity index (χ2v) is 14.0. The van der Waals surface area contributed by atoms with Crippen LogP contribution < -0.4 is 5.32 Å². The number of rotatable bonds is 7. The van der Waals surface area contributed by atoms with Crippen molar-refractivity contribution in [3.05, 3.63) is 11.8 Å². The number of carbonyl (C=O) groups excluding carboxylic acids is 1. The molecule has 0 amide bonds. The first-order chi connectivity index (χ1) is 12.6. The van der Waals surface area contributed by atoms with E-state index in [-0.39, 0.29) is 17.2 Å². The first-order valence-corrected chi connectivity index (χ1v) is 13.7. The number of thioether (sulfide) groups is 1. The zero-order valence-corrected chi connectivity index (χ0v) is 19.4. The first-order valence-electron chi connectivity index (χ1n) is 9.61. The second-order valence-electron chi connectivity index (χ2n) is 8.44. The Morgan fingerprint density at radius 1 is 1.37 bits per heavy atom. The minimum Gasteiger partial charge on any atom is -0.462 e. The number of hydrogen-bond acceptors (Lipinski definition) is 7. The fourth-order valence-corrected chi connectivity index (χ4v) is 4.63. The van der Waals surface area contributed by atoms with Gasteiger partial charge in [0, 0.05) is 6.20 Å². The van der Waals surface area contributed by atoms with Crippen molar-refractivity contribution in [2.75, 3.05) is 18.2 Å². The van der Waals surface area contributed by atoms with Crippen LogP contribution in [0.1, 0.15) is 57.3 Å². The van der Waals surface area contributed by atoms with Crippen LogP contribution in [0.25, 0.3) is 0 Å². The molecule has 0 spiro atoms. The maximum atomic E-state index is 12.3. The molecule has 0 aromatic carbocycles. The SMILES string of the molecule is CCOC(=O)c1cnc(SC)nc1NC1CCCC1O[Si](C)(C)C(C)(C)C. The zero-order valence-electron chi connectivity index (χ0n) is 17.6. The Kier molecular flexibility index (Phi) is 7.32. The van der Waals surface area contributed by atoms with E-state index in [0.717, 1.165) is 19.3 Å². The molecule has 1 aromatic rings. The minimum absolute atomic E-state index is 0.133. The lowest BCUT2D eigenvalue weighted by Gasteiger charge is -2.40. The van der Waals surface area contributed by atoms with Crippen LogP contribution in [-0.2, 0) is 9.16 Å². The van der Waals surface area contributed by atoms with E-state index in [4.69, 9.17) is 9.16 Å². The van der Waals surface area contributed by atoms with E-state index in [1.807, 2.05) is 6.26 Å². The lowest BCUT2D eigenvalue weighted by atomic mass is 10.2. The Bertz CT molecular complexity index is 664. The molecule has 1 aromatic heterocycles. The van der Waals surface area contributed by atoms with Gasteiger partial charge in [-0.1, -0.05) is 32.5 Å². The van der Waals surface area contributed by atoms with E-state index >= 15 is 0 Å². The van der Waals surface area contributed by atoms with Gasteiger partial charge in [-0.25, -0.2) is 14.8 Å². The highest BCUT2D eigenvalue weighted by Crippen LogP contribution is 2.40. The summed E-state index contributed by atoms with van der Waals surface area (Å²) in [7, 11) is -1.86. The van der Waals surface area contributed by atoms with Gasteiger partial charge in [0.25, 0.3) is 0 Å². The van der Waals surface area contributed by atoms with Crippen LogP contribution in [0.4, 0.5) is 5.82 Å². The highest BCUT2D eigenvalue weighted by Gasteiger charge is 2.42. The van der Waals surface area contributed by atoms with Crippen LogP contribution in [0, 0.1) is 0 Å². The molecule has 1 N–H and O–H groups in total. The van der Waals surface area contributed by atoms with Gasteiger partial charge in [-0.3, -0.25) is 0 Å². The van der Waals surface area contributed by atoms with Crippen molar-refractivity contribution in [3.63, 3.8) is 0 Å². The minimum atomic E-state index is -1.86. The van der Waals surface area contributed by atoms with Gasteiger partial charge in [0.1, 0.15) is 11.4 Å². The number of nitrogens with one attached hydrogen (secondary N) is 1. The predicted molar refractivity (Wildman–Crippen MR) is 113 cm³/mol. The van der Waals surface area contributed by atoms with Crippen LogP contribution in [0.2, 0.25) is 18.1 Å². The molecule has 1 fully saturated rings. The third-order valence-electron chi connectivity index (χ3n) is 5.47. The van der Waals surface area contributed by atoms with Crippen molar-refractivity contribution in [1.29, 1.82) is 0 Å². The molecule has 152 valence electrons. The van der Waals surface area contributed by atoms with Gasteiger partial charge in [0.2, 0.25) is 0 Å². The van der Waals surface area contributed by atoms with E-state index in [2.05, 4.69) is 49.1 Å². The van der Waals surface area contributed by atoms with Crippen molar-refractivity contribution in [3.8, 4) is 0 Å². The van der Waals surface area contributed by atoms with E-state index < -0.39 is 14.3 Å². The summed E-state index contributed by atoms with van der Waals surface area (Å²) in [5.41, 5.74) is 0.382. The molecule has 2 unspecified atom stereocenters. The smallest absolute Gasteiger partial charge is 0.343 e. The number of carbonyl (C=O) groups is 1. The summed E-state index contributed by atoms with van der Waals surface area (Å²) in [6, 6.07) is 0.136. The molecule has 0 aliphatic heterocycles. The zero-order chi connectivity index (χ0) is 20.2. The maximum Gasteiger partial charge on any atom is 0.343 e. The molecule has 8 heteroatoms. The van der Waals surface area contributed by atoms with Gasteiger partial charge in [0.15, 0.2) is 13.5 Å². The van der Waals surface area contributed by atoms with Crippen LogP contribution in [0.5, 0.6) is 0 Å². The first kappa shape index (κ1) is 22.2. The monoisotopic (exact) mass is 411 g/mol. The van der Waals surface area contributed by atoms with Gasteiger partial charge in [-0.05, 0) is 50.6 Å². The second kappa shape index (κ2) is 8.92. The average molecular weight is 412 g/mol. The Morgan fingerprint density at radius 2 is 2.07 bits per heavy atom. The largest absolute Gasteiger partial charge is 0.462 e. The van der Waals surface area contributed by atoms with Crippen molar-refractivity contribution >= 4 is 31.9 Å². The number of aromatic nitrogens is 2. The lowest BCUT2D eigenvalue weighted by Crippen LogP contribution is -2.47. The standard InChI is InChI=1S/C19H33N3O3SSi/c1-8-24-17(23)13-12-20-18(26-5)22-16(13)21-14-10-9-11-15(14)25-27(6,7)19(2,3)4/h12,14-15H,8-11H2,1-7H3,(H,20,21,22). The van der Waals surface area contributed by atoms with E-state index in [1.54, 1.807) is 13.1 Å². The number of ether oxygens (including phenoxy) is 1. The topological polar surface area (TPSA) is 73.3 Å². The molecular formula is C19H33N3O3SSi. The van der Waals surface area contributed by atoms with Crippen LogP contribution >= 0.6 is 11.8 Å². The number of anilines is 1. The third kappa shape index (κ3) is 5.45. The summed E-state index contributed by atoms with van der Waals surface area (Å²) in [5.74, 6) is 0.149. The van der Waals surface area contributed by atoms with Crippen molar-refractivity contribution in [2.45, 2.75) is 82.4 Å². The number of hydrogen-bond donors (Lipinski definition) is 1. The summed E-state index contributed by atoms with van der Waals surface area (Å²) in [6.07, 6.45) is 6.74. The average Bonchev–Trinajstić information content (AvgIpc) is 3.00. The molecule has 1 heterocycles. The van der Waals surface area contributed by atoms with Crippen LogP contribution in [0.15, 0.2) is 11.4 Å². The van der Waals surface area contributed by atoms with Crippen molar-refractivity contribution in [1.82, 2.24) is 9.97 Å². The van der Waals surface area contributed by atoms with Crippen molar-refractivity contribution in [2.24, 2.45) is 0 Å². The molecule has 0 bridgehead atoms. The lowest BCUT2D eigenvalue weighted by molar-refractivity contribution is 0.0526. The fourth-order valence-electron chi connectivity index (χ4n) is 2.90. The molecule has 0 saturated heterocycles. The Morgan fingerprint density at radius 3 is 2.67 bits per heavy atom. The Labute approximate surface area is 168 Å². The van der Waals surface area contributed by atoms with Gasteiger partial charge in [-0.2, -0.15) is 0 Å². The molecular weight excluding hydrogens is 378 g/mol. The quantitative estimate of drug-likeness (QED) is 0.301. The highest BCUT2D eigenvalue weighted by molar-refractivity contribution is 7.98. The van der Waals surface area contributed by atoms with Crippen molar-refractivity contribution < 1.29 is 14.0 Å². The fraction of sp³-hybridized carbons (Fsp3) is 0.737. The third-order valence-corrected chi connectivity index (χ3v) is 10.5. The molecule has 6 nitrogen and oxygen atoms in total. The molecule has 1 aliphatic carbocycles. The molecule has 1 aliphatic rings. The number of nitrogens with zero attached hydrogens (tertiary/aromatic N) is 2. The summed E-state index contributed by atoms with van der Waals surface area (Å²) >= 11 is 1.45. The van der Waals surface area contributed by atoms with Gasteiger partial charge >= 0.3 is 5.97 Å². The Hall–Kier alpha value is -1.12. The van der Waals surface area contributed by atoms with Crippen LogP contribution in [-0.4, -0.2) is 49.3 Å². The molecule has 2 atom stereocenters. The summed E-state index contributed by atoms with van der Waals surface area (Å²) in [6.45, 7) is 13.4. The summed E-state index contributed by atoms with van der Waals surface area (Å²) in [5, 5.41) is 4.27. The van der Waals surface area contributed by atoms with E-state index in [1.165, 1.54) is 11.8 Å². The highest BCUT2D eigenvalue weighted by atomic mass is 32.2. The summed E-state index contributed by atoms with van der Waals surface area (Å²) in [4.78, 5) is 21.1. The van der Waals surface area contributed by atoms with Gasteiger partial charge in [-0.15, -0.1) is 0 Å². The van der Waals surface area contributed by atoms with E-state index in [9.17, 15) is 4.79 Å². The van der Waals surface area contributed by atoms with Gasteiger partial charge < -0.3 is 14.5 Å². The van der Waals surface area contributed by atoms with Gasteiger partial charge in [0.05, 0.1) is 18.8 Å². The van der Waals surface area contributed by atoms with E-state index in [0.29, 0.717) is 23.1 Å². The molecule has 0 radical (unpaired) electrons. The summed E-state index contributed by atoms with van der Waals surface area (Å²) < 4.78 is 11.8.